The van der Waals surface area contributed by atoms with E-state index in [-0.39, 0.29) is 24.5 Å². The van der Waals surface area contributed by atoms with Gasteiger partial charge < -0.3 is 31.3 Å². The maximum Gasteiger partial charge on any atom is 0.326 e. The Hall–Kier alpha value is -2.43. The molecule has 11 heteroatoms. The molecule has 2 atom stereocenters. The molecule has 0 aliphatic heterocycles. The molecule has 0 fully saturated rings. The molecule has 0 saturated heterocycles. The number of aliphatic carboxylic acids is 2. The van der Waals surface area contributed by atoms with Crippen molar-refractivity contribution < 1.29 is 34.5 Å². The number of thiol groups is 1. The van der Waals surface area contributed by atoms with Crippen molar-refractivity contribution in [2.24, 2.45) is 0 Å². The average molecular weight is 363 g/mol. The molecule has 24 heavy (non-hydrogen) atoms. The van der Waals surface area contributed by atoms with Crippen LogP contribution in [0.5, 0.6) is 0 Å². The van der Waals surface area contributed by atoms with Gasteiger partial charge in [-0.2, -0.15) is 12.6 Å². The number of allylic oxidation sites excluding steroid dienone is 1. The molecule has 0 aliphatic carbocycles. The molecule has 0 unspecified atom stereocenters. The van der Waals surface area contributed by atoms with E-state index in [1.807, 2.05) is 0 Å². The van der Waals surface area contributed by atoms with E-state index in [0.29, 0.717) is 0 Å². The van der Waals surface area contributed by atoms with Gasteiger partial charge in [0.05, 0.1) is 0 Å². The van der Waals surface area contributed by atoms with E-state index in [1.165, 1.54) is 13.0 Å². The first-order valence-electron chi connectivity index (χ1n) is 6.95. The van der Waals surface area contributed by atoms with Crippen LogP contribution in [-0.4, -0.2) is 63.5 Å². The summed E-state index contributed by atoms with van der Waals surface area (Å²) in [6.45, 7) is 0.910. The fraction of sp³-hybridized carbons (Fsp3) is 0.538. The number of nitrogens with one attached hydrogen (secondary N) is 3. The first kappa shape index (κ1) is 21.6. The molecular weight excluding hydrogens is 342 g/mol. The van der Waals surface area contributed by atoms with Gasteiger partial charge >= 0.3 is 11.9 Å². The molecular formula is C13H21N3O7S. The SMILES string of the molecule is CC=C(O)N[C@@H](CCC(=O)N[C@@H](CS)C(=O)NCC(=O)O)C(=O)O. The normalized spacial score (nSPS) is 13.5. The molecule has 0 heterocycles. The molecule has 0 saturated carbocycles. The largest absolute Gasteiger partial charge is 0.495 e. The molecule has 0 spiro atoms. The van der Waals surface area contributed by atoms with E-state index in [9.17, 15) is 24.3 Å². The first-order chi connectivity index (χ1) is 11.2. The lowest BCUT2D eigenvalue weighted by Crippen LogP contribution is -2.49. The van der Waals surface area contributed by atoms with Gasteiger partial charge in [-0.05, 0) is 19.4 Å². The van der Waals surface area contributed by atoms with Crippen molar-refractivity contribution in [1.29, 1.82) is 0 Å². The van der Waals surface area contributed by atoms with Crippen LogP contribution in [0.2, 0.25) is 0 Å². The molecule has 6 N–H and O–H groups in total. The summed E-state index contributed by atoms with van der Waals surface area (Å²) < 4.78 is 0. The van der Waals surface area contributed by atoms with Crippen LogP contribution in [0.25, 0.3) is 0 Å². The molecule has 0 aromatic carbocycles. The monoisotopic (exact) mass is 363 g/mol. The van der Waals surface area contributed by atoms with Crippen LogP contribution < -0.4 is 16.0 Å². The van der Waals surface area contributed by atoms with E-state index in [0.717, 1.165) is 0 Å². The third-order valence-corrected chi connectivity index (χ3v) is 3.17. The lowest BCUT2D eigenvalue weighted by molar-refractivity contribution is -0.140. The van der Waals surface area contributed by atoms with Gasteiger partial charge in [0.2, 0.25) is 11.8 Å². The zero-order valence-electron chi connectivity index (χ0n) is 13.0. The summed E-state index contributed by atoms with van der Waals surface area (Å²) in [5.41, 5.74) is 0. The van der Waals surface area contributed by atoms with E-state index in [1.54, 1.807) is 0 Å². The number of carboxylic acid groups (broad SMARTS) is 2. The quantitative estimate of drug-likeness (QED) is 0.178. The summed E-state index contributed by atoms with van der Waals surface area (Å²) in [5.74, 6) is -4.18. The van der Waals surface area contributed by atoms with Gasteiger partial charge in [0, 0.05) is 12.2 Å². The molecule has 0 rings (SSSR count). The van der Waals surface area contributed by atoms with Gasteiger partial charge in [-0.25, -0.2) is 4.79 Å². The summed E-state index contributed by atoms with van der Waals surface area (Å²) in [6.07, 6.45) is 0.909. The van der Waals surface area contributed by atoms with Gasteiger partial charge in [-0.1, -0.05) is 0 Å². The van der Waals surface area contributed by atoms with Crippen molar-refractivity contribution in [3.8, 4) is 0 Å². The highest BCUT2D eigenvalue weighted by atomic mass is 32.1. The fourth-order valence-corrected chi connectivity index (χ4v) is 1.80. The number of carbonyl (C=O) groups is 4. The predicted octanol–water partition coefficient (Wildman–Crippen LogP) is -1.16. The molecule has 10 nitrogen and oxygen atoms in total. The summed E-state index contributed by atoms with van der Waals surface area (Å²) in [6, 6.07) is -2.22. The Balaban J connectivity index is 4.49. The second kappa shape index (κ2) is 11.2. The van der Waals surface area contributed by atoms with Crippen molar-refractivity contribution in [3.05, 3.63) is 12.0 Å². The molecule has 136 valence electrons. The highest BCUT2D eigenvalue weighted by Gasteiger charge is 2.22. The number of carboxylic acids is 2. The standard InChI is InChI=1S/C13H21N3O7S/c1-2-9(17)15-7(13(22)23)3-4-10(18)16-8(6-24)12(21)14-5-11(19)20/h2,7-8,15,17,24H,3-6H2,1H3,(H,14,21)(H,16,18)(H,19,20)(H,22,23)/t7-,8-/m0/s1. The van der Waals surface area contributed by atoms with Gasteiger partial charge in [0.25, 0.3) is 0 Å². The lowest BCUT2D eigenvalue weighted by Gasteiger charge is -2.17. The maximum absolute atomic E-state index is 11.8. The van der Waals surface area contributed by atoms with Crippen molar-refractivity contribution in [2.75, 3.05) is 12.3 Å². The van der Waals surface area contributed by atoms with Crippen LogP contribution in [0, 0.1) is 0 Å². The minimum absolute atomic E-state index is 0.0584. The Morgan fingerprint density at radius 1 is 1.08 bits per heavy atom. The number of hydrogen-bond acceptors (Lipinski definition) is 7. The number of aliphatic hydroxyl groups excluding tert-OH is 1. The van der Waals surface area contributed by atoms with Crippen LogP contribution in [0.3, 0.4) is 0 Å². The average Bonchev–Trinajstić information content (AvgIpc) is 2.53. The minimum atomic E-state index is -1.25. The molecule has 0 aromatic rings. The first-order valence-corrected chi connectivity index (χ1v) is 7.58. The van der Waals surface area contributed by atoms with Gasteiger partial charge in [-0.3, -0.25) is 14.4 Å². The lowest BCUT2D eigenvalue weighted by atomic mass is 10.1. The Morgan fingerprint density at radius 2 is 1.71 bits per heavy atom. The summed E-state index contributed by atoms with van der Waals surface area (Å²) in [7, 11) is 0. The maximum atomic E-state index is 11.8. The van der Waals surface area contributed by atoms with Crippen LogP contribution in [0.15, 0.2) is 12.0 Å². The highest BCUT2D eigenvalue weighted by molar-refractivity contribution is 7.80. The Bertz CT molecular complexity index is 510. The number of hydrogen-bond donors (Lipinski definition) is 7. The Labute approximate surface area is 143 Å². The van der Waals surface area contributed by atoms with E-state index in [4.69, 9.17) is 10.2 Å². The van der Waals surface area contributed by atoms with E-state index >= 15 is 0 Å². The number of aliphatic hydroxyl groups is 1. The number of amides is 2. The van der Waals surface area contributed by atoms with Crippen molar-refractivity contribution in [2.45, 2.75) is 31.8 Å². The number of carbonyl (C=O) groups excluding carboxylic acids is 2. The van der Waals surface area contributed by atoms with Gasteiger partial charge in [0.1, 0.15) is 18.6 Å². The van der Waals surface area contributed by atoms with E-state index < -0.39 is 42.4 Å². The highest BCUT2D eigenvalue weighted by Crippen LogP contribution is 2.01. The molecule has 2 amide bonds. The summed E-state index contributed by atoms with van der Waals surface area (Å²) in [4.78, 5) is 44.9. The van der Waals surface area contributed by atoms with Crippen LogP contribution in [-0.2, 0) is 19.2 Å². The smallest absolute Gasteiger partial charge is 0.326 e. The third-order valence-electron chi connectivity index (χ3n) is 2.80. The van der Waals surface area contributed by atoms with Gasteiger partial charge in [-0.15, -0.1) is 0 Å². The summed E-state index contributed by atoms with van der Waals surface area (Å²) >= 11 is 3.90. The minimum Gasteiger partial charge on any atom is -0.495 e. The zero-order valence-corrected chi connectivity index (χ0v) is 13.9. The van der Waals surface area contributed by atoms with E-state index in [2.05, 4.69) is 28.6 Å². The van der Waals surface area contributed by atoms with Crippen molar-refractivity contribution >= 4 is 36.4 Å². The van der Waals surface area contributed by atoms with Crippen LogP contribution >= 0.6 is 12.6 Å². The molecule has 0 aromatic heterocycles. The van der Waals surface area contributed by atoms with Gasteiger partial charge in [0.15, 0.2) is 5.88 Å². The number of rotatable bonds is 11. The van der Waals surface area contributed by atoms with Crippen LogP contribution in [0.1, 0.15) is 19.8 Å². The predicted molar refractivity (Wildman–Crippen MR) is 86.6 cm³/mol. The zero-order chi connectivity index (χ0) is 18.7. The van der Waals surface area contributed by atoms with Crippen molar-refractivity contribution in [1.82, 2.24) is 16.0 Å². The van der Waals surface area contributed by atoms with Crippen molar-refractivity contribution in [3.63, 3.8) is 0 Å². The molecule has 0 aliphatic rings. The Morgan fingerprint density at radius 3 is 2.17 bits per heavy atom. The third kappa shape index (κ3) is 8.88. The fourth-order valence-electron chi connectivity index (χ4n) is 1.54. The summed E-state index contributed by atoms with van der Waals surface area (Å²) in [5, 5.41) is 33.5. The molecule has 0 radical (unpaired) electrons. The van der Waals surface area contributed by atoms with Crippen LogP contribution in [0.4, 0.5) is 0 Å². The molecule has 0 bridgehead atoms. The Kier molecular flexibility index (Phi) is 10.0. The topological polar surface area (TPSA) is 165 Å². The second-order valence-corrected chi connectivity index (χ2v) is 5.03. The second-order valence-electron chi connectivity index (χ2n) is 4.66.